The molecule has 0 aromatic heterocycles. The van der Waals surface area contributed by atoms with Crippen LogP contribution in [0, 0.1) is 5.92 Å². The van der Waals surface area contributed by atoms with Crippen molar-refractivity contribution >= 4 is 21.8 Å². The highest BCUT2D eigenvalue weighted by Gasteiger charge is 2.10. The molecule has 1 aromatic rings. The van der Waals surface area contributed by atoms with Gasteiger partial charge in [-0.2, -0.15) is 0 Å². The molecule has 0 bridgehead atoms. The van der Waals surface area contributed by atoms with Gasteiger partial charge in [-0.05, 0) is 24.1 Å². The van der Waals surface area contributed by atoms with Gasteiger partial charge in [-0.3, -0.25) is 4.79 Å². The maximum absolute atomic E-state index is 11.7. The number of aromatic hydroxyl groups is 1. The van der Waals surface area contributed by atoms with Crippen LogP contribution in [0.1, 0.15) is 24.2 Å². The van der Waals surface area contributed by atoms with E-state index in [-0.39, 0.29) is 17.2 Å². The summed E-state index contributed by atoms with van der Waals surface area (Å²) in [6.07, 6.45) is 0. The van der Waals surface area contributed by atoms with Crippen LogP contribution in [0.3, 0.4) is 0 Å². The number of hydrogen-bond donors (Lipinski definition) is 2. The number of amides is 1. The second-order valence-corrected chi connectivity index (χ2v) is 5.30. The van der Waals surface area contributed by atoms with Gasteiger partial charge in [0.25, 0.3) is 5.91 Å². The molecule has 1 rings (SSSR count). The number of carbonyl (C=O) groups is 1. The Balaban J connectivity index is 2.36. The van der Waals surface area contributed by atoms with Gasteiger partial charge in [-0.25, -0.2) is 0 Å². The first kappa shape index (κ1) is 15.0. The summed E-state index contributed by atoms with van der Waals surface area (Å²) in [7, 11) is 0. The Hall–Kier alpha value is -1.07. The van der Waals surface area contributed by atoms with Crippen LogP contribution in [0.5, 0.6) is 5.75 Å². The van der Waals surface area contributed by atoms with Gasteiger partial charge in [-0.1, -0.05) is 29.8 Å². The van der Waals surface area contributed by atoms with E-state index < -0.39 is 0 Å². The van der Waals surface area contributed by atoms with Crippen molar-refractivity contribution in [1.29, 1.82) is 0 Å². The minimum absolute atomic E-state index is 0.0371. The molecule has 1 amide bonds. The number of benzene rings is 1. The van der Waals surface area contributed by atoms with Crippen molar-refractivity contribution in [2.45, 2.75) is 13.8 Å². The highest BCUT2D eigenvalue weighted by Crippen LogP contribution is 2.21. The molecular weight excluding hydrogens is 298 g/mol. The van der Waals surface area contributed by atoms with Crippen LogP contribution in [0.2, 0.25) is 0 Å². The van der Waals surface area contributed by atoms with Crippen LogP contribution in [0.4, 0.5) is 0 Å². The molecule has 4 nitrogen and oxygen atoms in total. The number of nitrogens with one attached hydrogen (secondary N) is 1. The zero-order valence-electron chi connectivity index (χ0n) is 10.6. The number of hydrogen-bond acceptors (Lipinski definition) is 3. The molecule has 0 saturated carbocycles. The normalized spacial score (nSPS) is 10.7. The molecule has 0 saturated heterocycles. The molecule has 2 N–H and O–H groups in total. The maximum atomic E-state index is 11.7. The summed E-state index contributed by atoms with van der Waals surface area (Å²) in [6.45, 7) is 5.72. The van der Waals surface area contributed by atoms with Gasteiger partial charge in [0, 0.05) is 17.6 Å². The summed E-state index contributed by atoms with van der Waals surface area (Å²) in [4.78, 5) is 11.7. The molecular formula is C13H18BrNO3. The SMILES string of the molecule is CC(C)COCCNC(=O)c1ccc(Br)cc1O. The second kappa shape index (κ2) is 7.38. The van der Waals surface area contributed by atoms with Crippen LogP contribution in [0.15, 0.2) is 22.7 Å². The van der Waals surface area contributed by atoms with Gasteiger partial charge in [-0.15, -0.1) is 0 Å². The summed E-state index contributed by atoms with van der Waals surface area (Å²) in [5, 5.41) is 12.3. The quantitative estimate of drug-likeness (QED) is 0.793. The fraction of sp³-hybridized carbons (Fsp3) is 0.462. The third kappa shape index (κ3) is 5.06. The topological polar surface area (TPSA) is 58.6 Å². The summed E-state index contributed by atoms with van der Waals surface area (Å²) in [5.74, 6) is 0.148. The number of ether oxygens (including phenoxy) is 1. The molecule has 1 aromatic carbocycles. The first-order chi connectivity index (χ1) is 8.50. The van der Waals surface area contributed by atoms with E-state index in [0.717, 1.165) is 4.47 Å². The van der Waals surface area contributed by atoms with Gasteiger partial charge >= 0.3 is 0 Å². The zero-order chi connectivity index (χ0) is 13.5. The molecule has 0 fully saturated rings. The molecule has 0 atom stereocenters. The molecule has 0 radical (unpaired) electrons. The number of halogens is 1. The molecule has 0 spiro atoms. The molecule has 18 heavy (non-hydrogen) atoms. The van der Waals surface area contributed by atoms with Crippen LogP contribution in [-0.2, 0) is 4.74 Å². The largest absolute Gasteiger partial charge is 0.507 e. The van der Waals surface area contributed by atoms with Crippen LogP contribution in [-0.4, -0.2) is 30.8 Å². The Morgan fingerprint density at radius 1 is 1.50 bits per heavy atom. The standard InChI is InChI=1S/C13H18BrNO3/c1-9(2)8-18-6-5-15-13(17)11-4-3-10(14)7-12(11)16/h3-4,7,9,16H,5-6,8H2,1-2H3,(H,15,17). The van der Waals surface area contributed by atoms with Gasteiger partial charge in [0.05, 0.1) is 12.2 Å². The first-order valence-electron chi connectivity index (χ1n) is 5.85. The third-order valence-corrected chi connectivity index (χ3v) is 2.68. The molecule has 5 heteroatoms. The van der Waals surface area contributed by atoms with E-state index in [0.29, 0.717) is 25.7 Å². The van der Waals surface area contributed by atoms with Crippen molar-refractivity contribution in [3.8, 4) is 5.75 Å². The predicted molar refractivity (Wildman–Crippen MR) is 73.8 cm³/mol. The minimum Gasteiger partial charge on any atom is -0.507 e. The van der Waals surface area contributed by atoms with Crippen molar-refractivity contribution in [2.24, 2.45) is 5.92 Å². The molecule has 0 aliphatic heterocycles. The lowest BCUT2D eigenvalue weighted by Gasteiger charge is -2.09. The van der Waals surface area contributed by atoms with Gasteiger partial charge in [0.2, 0.25) is 0 Å². The van der Waals surface area contributed by atoms with Crippen LogP contribution >= 0.6 is 15.9 Å². The van der Waals surface area contributed by atoms with E-state index in [1.807, 2.05) is 0 Å². The lowest BCUT2D eigenvalue weighted by Crippen LogP contribution is -2.27. The monoisotopic (exact) mass is 315 g/mol. The smallest absolute Gasteiger partial charge is 0.255 e. The number of phenols is 1. The molecule has 0 aliphatic rings. The fourth-order valence-electron chi connectivity index (χ4n) is 1.35. The zero-order valence-corrected chi connectivity index (χ0v) is 12.2. The number of rotatable bonds is 6. The van der Waals surface area contributed by atoms with Gasteiger partial charge in [0.1, 0.15) is 5.75 Å². The number of phenolic OH excluding ortho intramolecular Hbond substituents is 1. The highest BCUT2D eigenvalue weighted by molar-refractivity contribution is 9.10. The minimum atomic E-state index is -0.298. The summed E-state index contributed by atoms with van der Waals surface area (Å²) in [6, 6.07) is 4.78. The lowest BCUT2D eigenvalue weighted by molar-refractivity contribution is 0.0884. The molecule has 100 valence electrons. The van der Waals surface area contributed by atoms with E-state index in [2.05, 4.69) is 35.1 Å². The Morgan fingerprint density at radius 2 is 2.22 bits per heavy atom. The predicted octanol–water partition coefficient (Wildman–Crippen LogP) is 2.56. The van der Waals surface area contributed by atoms with E-state index in [9.17, 15) is 9.90 Å². The van der Waals surface area contributed by atoms with Gasteiger partial charge in [0.15, 0.2) is 0 Å². The Kier molecular flexibility index (Phi) is 6.15. The average Bonchev–Trinajstić information content (AvgIpc) is 2.27. The average molecular weight is 316 g/mol. The summed E-state index contributed by atoms with van der Waals surface area (Å²) in [5.41, 5.74) is 0.266. The second-order valence-electron chi connectivity index (χ2n) is 4.39. The Bertz CT molecular complexity index is 407. The summed E-state index contributed by atoms with van der Waals surface area (Å²) >= 11 is 3.22. The van der Waals surface area contributed by atoms with Crippen LogP contribution < -0.4 is 5.32 Å². The highest BCUT2D eigenvalue weighted by atomic mass is 79.9. The summed E-state index contributed by atoms with van der Waals surface area (Å²) < 4.78 is 6.08. The van der Waals surface area contributed by atoms with Crippen molar-refractivity contribution in [2.75, 3.05) is 19.8 Å². The van der Waals surface area contributed by atoms with E-state index in [1.165, 1.54) is 6.07 Å². The number of carbonyl (C=O) groups excluding carboxylic acids is 1. The van der Waals surface area contributed by atoms with Crippen molar-refractivity contribution in [3.05, 3.63) is 28.2 Å². The van der Waals surface area contributed by atoms with Crippen LogP contribution in [0.25, 0.3) is 0 Å². The fourth-order valence-corrected chi connectivity index (χ4v) is 1.70. The third-order valence-electron chi connectivity index (χ3n) is 2.19. The Morgan fingerprint density at radius 3 is 2.83 bits per heavy atom. The first-order valence-corrected chi connectivity index (χ1v) is 6.64. The van der Waals surface area contributed by atoms with Crippen molar-refractivity contribution < 1.29 is 14.6 Å². The Labute approximate surface area is 115 Å². The lowest BCUT2D eigenvalue weighted by atomic mass is 10.2. The van der Waals surface area contributed by atoms with Crippen molar-refractivity contribution in [1.82, 2.24) is 5.32 Å². The van der Waals surface area contributed by atoms with E-state index in [4.69, 9.17) is 4.74 Å². The maximum Gasteiger partial charge on any atom is 0.255 e. The van der Waals surface area contributed by atoms with Crippen molar-refractivity contribution in [3.63, 3.8) is 0 Å². The van der Waals surface area contributed by atoms with E-state index in [1.54, 1.807) is 12.1 Å². The molecule has 0 heterocycles. The van der Waals surface area contributed by atoms with Gasteiger partial charge < -0.3 is 15.2 Å². The molecule has 0 unspecified atom stereocenters. The van der Waals surface area contributed by atoms with E-state index >= 15 is 0 Å². The molecule has 0 aliphatic carbocycles.